The highest BCUT2D eigenvalue weighted by molar-refractivity contribution is 5.23. The molecular formula is C19H34N2. The number of nitrogens with one attached hydrogen (secondary N) is 1. The molecule has 0 bridgehead atoms. The van der Waals surface area contributed by atoms with Gasteiger partial charge in [-0.25, -0.2) is 0 Å². The molecular weight excluding hydrogens is 256 g/mol. The van der Waals surface area contributed by atoms with Crippen molar-refractivity contribution >= 4 is 0 Å². The maximum absolute atomic E-state index is 3.34. The summed E-state index contributed by atoms with van der Waals surface area (Å²) in [4.78, 5) is 2.54. The molecule has 1 saturated heterocycles. The van der Waals surface area contributed by atoms with Crippen LogP contribution in [0, 0.1) is 11.3 Å². The van der Waals surface area contributed by atoms with E-state index >= 15 is 0 Å². The van der Waals surface area contributed by atoms with E-state index in [-0.39, 0.29) is 0 Å². The van der Waals surface area contributed by atoms with Crippen molar-refractivity contribution in [1.29, 1.82) is 0 Å². The molecule has 0 aromatic carbocycles. The molecule has 0 radical (unpaired) electrons. The Bertz CT molecular complexity index is 371. The molecule has 1 aliphatic heterocycles. The van der Waals surface area contributed by atoms with Gasteiger partial charge in [-0.1, -0.05) is 32.1 Å². The quantitative estimate of drug-likeness (QED) is 0.756. The van der Waals surface area contributed by atoms with E-state index in [0.29, 0.717) is 5.41 Å². The Kier molecular flexibility index (Phi) is 7.81. The summed E-state index contributed by atoms with van der Waals surface area (Å²) < 4.78 is 0. The first-order valence-electron chi connectivity index (χ1n) is 8.61. The van der Waals surface area contributed by atoms with Crippen LogP contribution in [0.15, 0.2) is 36.1 Å². The summed E-state index contributed by atoms with van der Waals surface area (Å²) in [5.41, 5.74) is 2.04. The van der Waals surface area contributed by atoms with Crippen molar-refractivity contribution < 1.29 is 0 Å². The summed E-state index contributed by atoms with van der Waals surface area (Å²) >= 11 is 0. The molecule has 2 nitrogen and oxygen atoms in total. The third-order valence-electron chi connectivity index (χ3n) is 4.73. The number of nitrogens with zero attached hydrogens (tertiary/aromatic N) is 1. The molecule has 0 aromatic heterocycles. The molecule has 1 unspecified atom stereocenters. The summed E-state index contributed by atoms with van der Waals surface area (Å²) in [6.07, 6.45) is 15.0. The second-order valence-electron chi connectivity index (χ2n) is 5.93. The van der Waals surface area contributed by atoms with Crippen LogP contribution in [0.1, 0.15) is 47.0 Å². The van der Waals surface area contributed by atoms with Gasteiger partial charge in [0.05, 0.1) is 0 Å². The average molecular weight is 290 g/mol. The van der Waals surface area contributed by atoms with Gasteiger partial charge >= 0.3 is 0 Å². The summed E-state index contributed by atoms with van der Waals surface area (Å²) in [6.45, 7) is 11.8. The first-order chi connectivity index (χ1) is 10.3. The fraction of sp³-hybridized carbons (Fsp3) is 0.684. The van der Waals surface area contributed by atoms with E-state index in [1.54, 1.807) is 0 Å². The lowest BCUT2D eigenvalue weighted by Crippen LogP contribution is -2.34. The van der Waals surface area contributed by atoms with Crippen molar-refractivity contribution in [2.45, 2.75) is 47.0 Å². The zero-order chi connectivity index (χ0) is 15.7. The highest BCUT2D eigenvalue weighted by atomic mass is 15.1. The summed E-state index contributed by atoms with van der Waals surface area (Å²) in [7, 11) is 2.07. The van der Waals surface area contributed by atoms with Crippen LogP contribution in [0.2, 0.25) is 0 Å². The molecule has 0 aromatic rings. The smallest absolute Gasteiger partial charge is 0.0362 e. The van der Waals surface area contributed by atoms with E-state index in [4.69, 9.17) is 0 Å². The lowest BCUT2D eigenvalue weighted by atomic mass is 9.90. The Labute approximate surface area is 132 Å². The molecule has 120 valence electrons. The van der Waals surface area contributed by atoms with Gasteiger partial charge < -0.3 is 10.2 Å². The van der Waals surface area contributed by atoms with Crippen molar-refractivity contribution in [3.05, 3.63) is 36.1 Å². The van der Waals surface area contributed by atoms with Crippen LogP contribution in [0.5, 0.6) is 0 Å². The molecule has 21 heavy (non-hydrogen) atoms. The van der Waals surface area contributed by atoms with Crippen LogP contribution in [0.3, 0.4) is 0 Å². The molecule has 1 heterocycles. The Morgan fingerprint density at radius 3 is 2.38 bits per heavy atom. The number of hydrogen-bond acceptors (Lipinski definition) is 2. The average Bonchev–Trinajstić information content (AvgIpc) is 3.19. The monoisotopic (exact) mass is 290 g/mol. The van der Waals surface area contributed by atoms with Crippen molar-refractivity contribution in [3.8, 4) is 0 Å². The highest BCUT2D eigenvalue weighted by Crippen LogP contribution is 2.59. The van der Waals surface area contributed by atoms with E-state index in [1.165, 1.54) is 44.6 Å². The lowest BCUT2D eigenvalue weighted by molar-refractivity contribution is 0.203. The van der Waals surface area contributed by atoms with Gasteiger partial charge in [0, 0.05) is 18.8 Å². The minimum absolute atomic E-state index is 0.682. The normalized spacial score (nSPS) is 24.5. The molecule has 1 atom stereocenters. The number of rotatable bonds is 5. The van der Waals surface area contributed by atoms with Crippen LogP contribution in [-0.2, 0) is 0 Å². The molecule has 2 aliphatic rings. The second kappa shape index (κ2) is 9.09. The summed E-state index contributed by atoms with van der Waals surface area (Å²) in [5.74, 6) is 0.935. The van der Waals surface area contributed by atoms with Crippen molar-refractivity contribution in [1.82, 2.24) is 10.2 Å². The van der Waals surface area contributed by atoms with Gasteiger partial charge in [-0.15, -0.1) is 0 Å². The van der Waals surface area contributed by atoms with Gasteiger partial charge in [0.15, 0.2) is 0 Å². The van der Waals surface area contributed by atoms with Gasteiger partial charge in [0.2, 0.25) is 0 Å². The maximum Gasteiger partial charge on any atom is 0.0362 e. The number of likely N-dealkylation sites (tertiary alicyclic amines) is 1. The predicted octanol–water partition coefficient (Wildman–Crippen LogP) is 4.37. The topological polar surface area (TPSA) is 15.3 Å². The minimum atomic E-state index is 0.682. The van der Waals surface area contributed by atoms with Crippen molar-refractivity contribution in [2.24, 2.45) is 11.3 Å². The first-order valence-corrected chi connectivity index (χ1v) is 8.61. The van der Waals surface area contributed by atoms with E-state index in [9.17, 15) is 0 Å². The largest absolute Gasteiger partial charge is 0.372 e. The molecule has 1 spiro atoms. The minimum Gasteiger partial charge on any atom is -0.372 e. The number of hydrogen-bond donors (Lipinski definition) is 1. The molecule has 2 rings (SSSR count). The van der Waals surface area contributed by atoms with E-state index < -0.39 is 0 Å². The SMILES string of the molecule is CC.C\C=C/C=C(\C=C/C)N1CCC2(CC1)CC2CNC. The van der Waals surface area contributed by atoms with Gasteiger partial charge in [-0.05, 0) is 70.2 Å². The van der Waals surface area contributed by atoms with Crippen molar-refractivity contribution in [2.75, 3.05) is 26.7 Å². The van der Waals surface area contributed by atoms with Gasteiger partial charge in [0.1, 0.15) is 0 Å². The van der Waals surface area contributed by atoms with Crippen LogP contribution in [0.25, 0.3) is 0 Å². The van der Waals surface area contributed by atoms with E-state index in [0.717, 1.165) is 5.92 Å². The first kappa shape index (κ1) is 18.0. The second-order valence-corrected chi connectivity index (χ2v) is 5.93. The van der Waals surface area contributed by atoms with Gasteiger partial charge in [-0.3, -0.25) is 0 Å². The molecule has 2 fully saturated rings. The van der Waals surface area contributed by atoms with Crippen LogP contribution >= 0.6 is 0 Å². The lowest BCUT2D eigenvalue weighted by Gasteiger charge is -2.35. The van der Waals surface area contributed by atoms with Gasteiger partial charge in [-0.2, -0.15) is 0 Å². The molecule has 1 saturated carbocycles. The highest BCUT2D eigenvalue weighted by Gasteiger charge is 2.53. The number of piperidine rings is 1. The summed E-state index contributed by atoms with van der Waals surface area (Å²) in [6, 6.07) is 0. The Hall–Kier alpha value is -1.02. The zero-order valence-corrected chi connectivity index (χ0v) is 14.7. The summed E-state index contributed by atoms with van der Waals surface area (Å²) in [5, 5.41) is 3.34. The van der Waals surface area contributed by atoms with Crippen molar-refractivity contribution in [3.63, 3.8) is 0 Å². The molecule has 1 N–H and O–H groups in total. The standard InChI is InChI=1S/C17H28N2.C2H6/c1-4-6-8-16(7-5-2)19-11-9-17(10-12-19)13-15(17)14-18-3;1-2/h4-8,15,18H,9-14H2,1-3H3;1-2H3/b6-4-,7-5-,16-8+;. The number of allylic oxidation sites excluding steroid dienone is 5. The molecule has 1 aliphatic carbocycles. The van der Waals surface area contributed by atoms with Crippen LogP contribution < -0.4 is 5.32 Å². The Morgan fingerprint density at radius 2 is 1.86 bits per heavy atom. The van der Waals surface area contributed by atoms with Crippen LogP contribution in [-0.4, -0.2) is 31.6 Å². The fourth-order valence-corrected chi connectivity index (χ4v) is 3.42. The zero-order valence-electron chi connectivity index (χ0n) is 14.7. The van der Waals surface area contributed by atoms with E-state index in [2.05, 4.69) is 61.5 Å². The molecule has 2 heteroatoms. The van der Waals surface area contributed by atoms with Gasteiger partial charge in [0.25, 0.3) is 0 Å². The fourth-order valence-electron chi connectivity index (χ4n) is 3.42. The Balaban J connectivity index is 0.00000106. The predicted molar refractivity (Wildman–Crippen MR) is 94.3 cm³/mol. The van der Waals surface area contributed by atoms with E-state index in [1.807, 2.05) is 13.8 Å². The third kappa shape index (κ3) is 4.74. The van der Waals surface area contributed by atoms with Crippen LogP contribution in [0.4, 0.5) is 0 Å². The maximum atomic E-state index is 3.34. The molecule has 0 amide bonds. The third-order valence-corrected chi connectivity index (χ3v) is 4.73. The Morgan fingerprint density at radius 1 is 1.19 bits per heavy atom.